The Balaban J connectivity index is 1.33. The highest BCUT2D eigenvalue weighted by Gasteiger charge is 2.27. The number of aldehydes is 1. The van der Waals surface area contributed by atoms with Crippen LogP contribution in [-0.2, 0) is 11.3 Å². The minimum atomic E-state index is -0.504. The van der Waals surface area contributed by atoms with Crippen molar-refractivity contribution in [3.63, 3.8) is 0 Å². The standard InChI is InChI=1S/C25H30N6O5S/c1-25(2,3)36-24(33)30-7-4-15(5-8-30)6-9-31-22-20(21(26)27-13-28-22)29-23(31)37-19-11-18-17(34-14-35-18)10-16(19)12-32/h10-13,15H,4-9,14H2,1-3H3,(H2,26,27,28). The Morgan fingerprint density at radius 2 is 1.95 bits per heavy atom. The van der Waals surface area contributed by atoms with Gasteiger partial charge in [-0.05, 0) is 58.1 Å². The fourth-order valence-electron chi connectivity index (χ4n) is 4.47. The average molecular weight is 527 g/mol. The van der Waals surface area contributed by atoms with Crippen LogP contribution in [0.5, 0.6) is 11.5 Å². The van der Waals surface area contributed by atoms with Crippen LogP contribution in [-0.4, -0.2) is 62.3 Å². The Morgan fingerprint density at radius 3 is 2.65 bits per heavy atom. The van der Waals surface area contributed by atoms with Gasteiger partial charge in [-0.25, -0.2) is 19.7 Å². The second kappa shape index (κ2) is 10.1. The van der Waals surface area contributed by atoms with Crippen LogP contribution in [0.2, 0.25) is 0 Å². The van der Waals surface area contributed by atoms with Gasteiger partial charge in [0.1, 0.15) is 11.9 Å². The van der Waals surface area contributed by atoms with Gasteiger partial charge in [-0.3, -0.25) is 4.79 Å². The molecular weight excluding hydrogens is 496 g/mol. The van der Waals surface area contributed by atoms with E-state index in [4.69, 9.17) is 24.9 Å². The third-order valence-corrected chi connectivity index (χ3v) is 7.45. The van der Waals surface area contributed by atoms with Crippen molar-refractivity contribution in [2.24, 2.45) is 5.92 Å². The number of nitrogens with two attached hydrogens (primary N) is 1. The molecule has 0 bridgehead atoms. The van der Waals surface area contributed by atoms with Crippen molar-refractivity contribution < 1.29 is 23.8 Å². The molecule has 0 aliphatic carbocycles. The van der Waals surface area contributed by atoms with Crippen molar-refractivity contribution in [3.8, 4) is 11.5 Å². The number of likely N-dealkylation sites (tertiary alicyclic amines) is 1. The first-order chi connectivity index (χ1) is 17.7. The molecule has 5 rings (SSSR count). The summed E-state index contributed by atoms with van der Waals surface area (Å²) in [6, 6.07) is 3.47. The second-order valence-electron chi connectivity index (χ2n) is 10.1. The van der Waals surface area contributed by atoms with Crippen LogP contribution in [0.3, 0.4) is 0 Å². The van der Waals surface area contributed by atoms with E-state index in [0.29, 0.717) is 69.6 Å². The summed E-state index contributed by atoms with van der Waals surface area (Å²) in [5.41, 5.74) is 7.27. The number of aryl methyl sites for hydroxylation is 1. The number of piperidine rings is 1. The number of hydrogen-bond donors (Lipinski definition) is 1. The maximum absolute atomic E-state index is 12.4. The van der Waals surface area contributed by atoms with Crippen molar-refractivity contribution in [1.82, 2.24) is 24.4 Å². The lowest BCUT2D eigenvalue weighted by Crippen LogP contribution is -2.41. The van der Waals surface area contributed by atoms with E-state index in [1.54, 1.807) is 17.0 Å². The predicted octanol–water partition coefficient (Wildman–Crippen LogP) is 4.14. The third-order valence-electron chi connectivity index (χ3n) is 6.39. The first kappa shape index (κ1) is 25.1. The number of ether oxygens (including phenoxy) is 3. The fourth-order valence-corrected chi connectivity index (χ4v) is 5.49. The van der Waals surface area contributed by atoms with Crippen molar-refractivity contribution in [1.29, 1.82) is 0 Å². The van der Waals surface area contributed by atoms with Crippen LogP contribution in [0.1, 0.15) is 50.4 Å². The topological polar surface area (TPSA) is 135 Å². The molecule has 1 fully saturated rings. The number of aromatic nitrogens is 4. The summed E-state index contributed by atoms with van der Waals surface area (Å²) in [7, 11) is 0. The van der Waals surface area contributed by atoms with Crippen LogP contribution in [0.15, 0.2) is 28.5 Å². The van der Waals surface area contributed by atoms with E-state index in [1.807, 2.05) is 25.3 Å². The molecule has 11 nitrogen and oxygen atoms in total. The molecule has 4 heterocycles. The van der Waals surface area contributed by atoms with Crippen molar-refractivity contribution in [3.05, 3.63) is 24.0 Å². The number of nitrogens with zero attached hydrogens (tertiary/aromatic N) is 5. The number of hydrogen-bond acceptors (Lipinski definition) is 10. The van der Waals surface area contributed by atoms with E-state index in [9.17, 15) is 9.59 Å². The molecule has 0 unspecified atom stereocenters. The van der Waals surface area contributed by atoms with E-state index in [0.717, 1.165) is 25.5 Å². The SMILES string of the molecule is CC(C)(C)OC(=O)N1CCC(CCn2c(Sc3cc4c(cc3C=O)OCO4)nc3c(N)ncnc32)CC1. The Morgan fingerprint density at radius 1 is 1.22 bits per heavy atom. The highest BCUT2D eigenvalue weighted by atomic mass is 32.2. The largest absolute Gasteiger partial charge is 0.454 e. The molecule has 1 amide bonds. The molecule has 1 aromatic carbocycles. The molecule has 196 valence electrons. The molecule has 37 heavy (non-hydrogen) atoms. The van der Waals surface area contributed by atoms with E-state index in [1.165, 1.54) is 18.1 Å². The maximum atomic E-state index is 12.4. The summed E-state index contributed by atoms with van der Waals surface area (Å²) in [4.78, 5) is 40.0. The van der Waals surface area contributed by atoms with Gasteiger partial charge in [-0.2, -0.15) is 0 Å². The van der Waals surface area contributed by atoms with E-state index < -0.39 is 5.60 Å². The lowest BCUT2D eigenvalue weighted by molar-refractivity contribution is 0.0179. The zero-order valence-corrected chi connectivity index (χ0v) is 21.9. The highest BCUT2D eigenvalue weighted by Crippen LogP contribution is 2.41. The zero-order chi connectivity index (χ0) is 26.2. The number of imidazole rings is 1. The molecule has 2 aliphatic heterocycles. The number of carbonyl (C=O) groups is 2. The summed E-state index contributed by atoms with van der Waals surface area (Å²) >= 11 is 1.35. The first-order valence-corrected chi connectivity index (χ1v) is 13.0. The number of carbonyl (C=O) groups excluding carboxylic acids is 2. The Kier molecular flexibility index (Phi) is 6.84. The lowest BCUT2D eigenvalue weighted by Gasteiger charge is -2.33. The molecule has 3 aromatic rings. The van der Waals surface area contributed by atoms with Crippen LogP contribution in [0.25, 0.3) is 11.2 Å². The van der Waals surface area contributed by atoms with Gasteiger partial charge in [-0.1, -0.05) is 11.8 Å². The van der Waals surface area contributed by atoms with E-state index in [2.05, 4.69) is 9.97 Å². The Labute approximate surface area is 218 Å². The third kappa shape index (κ3) is 5.43. The van der Waals surface area contributed by atoms with Crippen LogP contribution in [0, 0.1) is 5.92 Å². The summed E-state index contributed by atoms with van der Waals surface area (Å²) in [5, 5.41) is 0.662. The van der Waals surface area contributed by atoms with Gasteiger partial charge >= 0.3 is 6.09 Å². The van der Waals surface area contributed by atoms with Gasteiger partial charge in [-0.15, -0.1) is 0 Å². The van der Waals surface area contributed by atoms with Crippen LogP contribution in [0.4, 0.5) is 10.6 Å². The fraction of sp³-hybridized carbons (Fsp3) is 0.480. The molecule has 12 heteroatoms. The summed E-state index contributed by atoms with van der Waals surface area (Å²) in [6.45, 7) is 7.75. The van der Waals surface area contributed by atoms with Gasteiger partial charge in [0.2, 0.25) is 6.79 Å². The van der Waals surface area contributed by atoms with Crippen molar-refractivity contribution in [2.75, 3.05) is 25.6 Å². The first-order valence-electron chi connectivity index (χ1n) is 12.2. The Bertz CT molecular complexity index is 1330. The number of benzene rings is 1. The zero-order valence-electron chi connectivity index (χ0n) is 21.1. The summed E-state index contributed by atoms with van der Waals surface area (Å²) < 4.78 is 18.5. The minimum Gasteiger partial charge on any atom is -0.454 e. The average Bonchev–Trinajstić information content (AvgIpc) is 3.46. The van der Waals surface area contributed by atoms with Gasteiger partial charge in [0.05, 0.1) is 0 Å². The van der Waals surface area contributed by atoms with Gasteiger partial charge in [0, 0.05) is 30.1 Å². The highest BCUT2D eigenvalue weighted by molar-refractivity contribution is 7.99. The molecule has 2 aliphatic rings. The lowest BCUT2D eigenvalue weighted by atomic mass is 9.94. The van der Waals surface area contributed by atoms with E-state index in [-0.39, 0.29) is 12.9 Å². The molecule has 0 radical (unpaired) electrons. The summed E-state index contributed by atoms with van der Waals surface area (Å²) in [6.07, 6.45) is 4.64. The molecular formula is C25H30N6O5S. The van der Waals surface area contributed by atoms with Crippen LogP contribution < -0.4 is 15.2 Å². The van der Waals surface area contributed by atoms with E-state index >= 15 is 0 Å². The van der Waals surface area contributed by atoms with Gasteiger partial charge < -0.3 is 29.4 Å². The Hall–Kier alpha value is -3.54. The van der Waals surface area contributed by atoms with Crippen molar-refractivity contribution >= 4 is 41.1 Å². The number of nitrogen functional groups attached to an aromatic ring is 1. The molecule has 2 N–H and O–H groups in total. The molecule has 1 saturated heterocycles. The second-order valence-corrected chi connectivity index (χ2v) is 11.1. The number of rotatable bonds is 6. The molecule has 0 saturated carbocycles. The maximum Gasteiger partial charge on any atom is 0.410 e. The smallest absolute Gasteiger partial charge is 0.410 e. The quantitative estimate of drug-likeness (QED) is 0.467. The predicted molar refractivity (Wildman–Crippen MR) is 137 cm³/mol. The van der Waals surface area contributed by atoms with Gasteiger partial charge in [0.25, 0.3) is 0 Å². The molecule has 0 atom stereocenters. The normalized spacial score (nSPS) is 15.8. The van der Waals surface area contributed by atoms with Crippen molar-refractivity contribution in [2.45, 2.75) is 62.2 Å². The van der Waals surface area contributed by atoms with Gasteiger partial charge in [0.15, 0.2) is 39.9 Å². The summed E-state index contributed by atoms with van der Waals surface area (Å²) in [5.74, 6) is 1.88. The number of amides is 1. The number of anilines is 1. The minimum absolute atomic E-state index is 0.124. The molecule has 2 aromatic heterocycles. The van der Waals surface area contributed by atoms with Crippen LogP contribution >= 0.6 is 11.8 Å². The number of fused-ring (bicyclic) bond motifs is 2. The monoisotopic (exact) mass is 526 g/mol. The molecule has 0 spiro atoms.